The van der Waals surface area contributed by atoms with Crippen LogP contribution in [0.25, 0.3) is 11.3 Å². The molecule has 0 saturated carbocycles. The van der Waals surface area contributed by atoms with E-state index in [4.69, 9.17) is 5.73 Å². The third-order valence-electron chi connectivity index (χ3n) is 3.81. The van der Waals surface area contributed by atoms with Crippen LogP contribution in [0.2, 0.25) is 0 Å². The zero-order valence-electron chi connectivity index (χ0n) is 12.7. The lowest BCUT2D eigenvalue weighted by atomic mass is 10.0. The number of nitrogens with one attached hydrogen (secondary N) is 1. The molecule has 1 aromatic heterocycles. The molecule has 22 heavy (non-hydrogen) atoms. The Bertz CT molecular complexity index is 697. The van der Waals surface area contributed by atoms with Gasteiger partial charge in [0, 0.05) is 10.4 Å². The number of benzene rings is 1. The van der Waals surface area contributed by atoms with E-state index in [2.05, 4.69) is 28.5 Å². The van der Waals surface area contributed by atoms with Gasteiger partial charge in [-0.1, -0.05) is 12.1 Å². The molecule has 0 radical (unpaired) electrons. The molecule has 1 heterocycles. The van der Waals surface area contributed by atoms with Crippen molar-refractivity contribution in [2.45, 2.75) is 39.2 Å². The van der Waals surface area contributed by atoms with E-state index in [1.165, 1.54) is 35.3 Å². The maximum absolute atomic E-state index is 11.7. The smallest absolute Gasteiger partial charge is 0.242 e. The predicted octanol–water partition coefficient (Wildman–Crippen LogP) is 3.31. The van der Waals surface area contributed by atoms with Crippen LogP contribution in [0.15, 0.2) is 18.2 Å². The van der Waals surface area contributed by atoms with Gasteiger partial charge in [0.05, 0.1) is 11.7 Å². The molecule has 1 aliphatic rings. The molecule has 0 bridgehead atoms. The van der Waals surface area contributed by atoms with Crippen LogP contribution in [0.4, 0.5) is 5.13 Å². The highest BCUT2D eigenvalue weighted by atomic mass is 35.5. The maximum atomic E-state index is 11.7. The van der Waals surface area contributed by atoms with Gasteiger partial charge in [-0.05, 0) is 50.3 Å². The van der Waals surface area contributed by atoms with Gasteiger partial charge in [-0.2, -0.15) is 0 Å². The van der Waals surface area contributed by atoms with Crippen molar-refractivity contribution in [3.63, 3.8) is 0 Å². The van der Waals surface area contributed by atoms with Crippen molar-refractivity contribution >= 4 is 34.8 Å². The number of carbonyl (C=O) groups is 1. The van der Waals surface area contributed by atoms with Crippen molar-refractivity contribution in [2.75, 3.05) is 5.32 Å². The van der Waals surface area contributed by atoms with Gasteiger partial charge in [0.15, 0.2) is 5.13 Å². The van der Waals surface area contributed by atoms with Crippen LogP contribution in [0.1, 0.15) is 29.3 Å². The average Bonchev–Trinajstić information content (AvgIpc) is 3.04. The molecule has 0 fully saturated rings. The van der Waals surface area contributed by atoms with E-state index in [0.717, 1.165) is 22.6 Å². The third-order valence-corrected chi connectivity index (χ3v) is 4.70. The third kappa shape index (κ3) is 3.32. The van der Waals surface area contributed by atoms with Crippen molar-refractivity contribution in [1.82, 2.24) is 4.98 Å². The van der Waals surface area contributed by atoms with Crippen LogP contribution in [-0.4, -0.2) is 16.9 Å². The lowest BCUT2D eigenvalue weighted by Crippen LogP contribution is -2.32. The number of nitrogens with two attached hydrogens (primary N) is 1. The molecule has 4 nitrogen and oxygen atoms in total. The second-order valence-corrected chi connectivity index (χ2v) is 6.74. The van der Waals surface area contributed by atoms with Gasteiger partial charge in [-0.25, -0.2) is 4.98 Å². The second-order valence-electron chi connectivity index (χ2n) is 5.54. The minimum atomic E-state index is -0.530. The Hall–Kier alpha value is -1.43. The number of hydrogen-bond donors (Lipinski definition) is 2. The Morgan fingerprint density at radius 3 is 2.82 bits per heavy atom. The Morgan fingerprint density at radius 1 is 1.36 bits per heavy atom. The van der Waals surface area contributed by atoms with Gasteiger partial charge in [0.2, 0.25) is 5.91 Å². The van der Waals surface area contributed by atoms with Crippen molar-refractivity contribution in [2.24, 2.45) is 5.73 Å². The quantitative estimate of drug-likeness (QED) is 0.902. The SMILES string of the molecule is Cc1sc(NC(=O)[C@H](C)N)nc1-c1ccc2c(c1)CCC2.Cl. The van der Waals surface area contributed by atoms with E-state index in [0.29, 0.717) is 5.13 Å². The van der Waals surface area contributed by atoms with Crippen LogP contribution in [0.3, 0.4) is 0 Å². The summed E-state index contributed by atoms with van der Waals surface area (Å²) in [6.07, 6.45) is 3.58. The molecule has 0 saturated heterocycles. The summed E-state index contributed by atoms with van der Waals surface area (Å²) in [7, 11) is 0. The summed E-state index contributed by atoms with van der Waals surface area (Å²) in [6.45, 7) is 3.69. The molecule has 3 rings (SSSR count). The molecule has 2 aromatic rings. The average molecular weight is 338 g/mol. The first-order valence-electron chi connectivity index (χ1n) is 7.20. The van der Waals surface area contributed by atoms with Gasteiger partial charge < -0.3 is 11.1 Å². The molecule has 1 atom stereocenters. The number of amides is 1. The molecule has 1 amide bonds. The highest BCUT2D eigenvalue weighted by Gasteiger charge is 2.16. The number of nitrogens with zero attached hydrogens (tertiary/aromatic N) is 1. The van der Waals surface area contributed by atoms with E-state index in [-0.39, 0.29) is 18.3 Å². The minimum absolute atomic E-state index is 0. The van der Waals surface area contributed by atoms with E-state index >= 15 is 0 Å². The van der Waals surface area contributed by atoms with Crippen LogP contribution in [-0.2, 0) is 17.6 Å². The number of halogens is 1. The minimum Gasteiger partial charge on any atom is -0.320 e. The number of thiazole rings is 1. The molecule has 1 aromatic carbocycles. The van der Waals surface area contributed by atoms with Crippen molar-refractivity contribution in [1.29, 1.82) is 0 Å². The summed E-state index contributed by atoms with van der Waals surface area (Å²) >= 11 is 1.49. The summed E-state index contributed by atoms with van der Waals surface area (Å²) in [5.74, 6) is -0.204. The summed E-state index contributed by atoms with van der Waals surface area (Å²) in [5.41, 5.74) is 10.5. The molecule has 0 unspecified atom stereocenters. The number of anilines is 1. The molecular formula is C16H20ClN3OS. The van der Waals surface area contributed by atoms with Gasteiger partial charge in [0.1, 0.15) is 0 Å². The van der Waals surface area contributed by atoms with Gasteiger partial charge in [0.25, 0.3) is 0 Å². The van der Waals surface area contributed by atoms with Gasteiger partial charge >= 0.3 is 0 Å². The Labute approximate surface area is 140 Å². The van der Waals surface area contributed by atoms with Crippen LogP contribution in [0.5, 0.6) is 0 Å². The summed E-state index contributed by atoms with van der Waals surface area (Å²) in [4.78, 5) is 17.3. The first kappa shape index (κ1) is 16.9. The number of rotatable bonds is 3. The monoisotopic (exact) mass is 337 g/mol. The molecule has 0 spiro atoms. The van der Waals surface area contributed by atoms with Gasteiger partial charge in [-0.15, -0.1) is 23.7 Å². The van der Waals surface area contributed by atoms with Crippen molar-refractivity contribution in [3.8, 4) is 11.3 Å². The highest BCUT2D eigenvalue weighted by molar-refractivity contribution is 7.16. The maximum Gasteiger partial charge on any atom is 0.242 e. The van der Waals surface area contributed by atoms with Crippen LogP contribution >= 0.6 is 23.7 Å². The molecule has 118 valence electrons. The number of carbonyl (C=O) groups excluding carboxylic acids is 1. The fourth-order valence-corrected chi connectivity index (χ4v) is 3.49. The standard InChI is InChI=1S/C16H19N3OS.ClH/c1-9(17)15(20)19-16-18-14(10(2)21-16)13-7-6-11-4-3-5-12(11)8-13;/h6-9H,3-5,17H2,1-2H3,(H,18,19,20);1H/t9-;/m0./s1. The largest absolute Gasteiger partial charge is 0.320 e. The lowest BCUT2D eigenvalue weighted by Gasteiger charge is -2.04. The number of fused-ring (bicyclic) bond motifs is 1. The van der Waals surface area contributed by atoms with E-state index in [9.17, 15) is 4.79 Å². The molecule has 3 N–H and O–H groups in total. The van der Waals surface area contributed by atoms with Crippen molar-refractivity contribution in [3.05, 3.63) is 34.2 Å². The normalized spacial score (nSPS) is 14.1. The summed E-state index contributed by atoms with van der Waals surface area (Å²) < 4.78 is 0. The summed E-state index contributed by atoms with van der Waals surface area (Å²) in [5, 5.41) is 3.38. The fourth-order valence-electron chi connectivity index (χ4n) is 2.66. The summed E-state index contributed by atoms with van der Waals surface area (Å²) in [6, 6.07) is 6.04. The van der Waals surface area contributed by atoms with Crippen LogP contribution in [0, 0.1) is 6.92 Å². The van der Waals surface area contributed by atoms with E-state index in [1.807, 2.05) is 6.92 Å². The number of aryl methyl sites for hydroxylation is 3. The molecular weight excluding hydrogens is 318 g/mol. The predicted molar refractivity (Wildman–Crippen MR) is 93.8 cm³/mol. The first-order valence-corrected chi connectivity index (χ1v) is 8.02. The van der Waals surface area contributed by atoms with Crippen LogP contribution < -0.4 is 11.1 Å². The topological polar surface area (TPSA) is 68.0 Å². The second kappa shape index (κ2) is 6.77. The van der Waals surface area contributed by atoms with Crippen molar-refractivity contribution < 1.29 is 4.79 Å². The Kier molecular flexibility index (Phi) is 5.21. The number of aromatic nitrogens is 1. The zero-order chi connectivity index (χ0) is 15.0. The molecule has 1 aliphatic carbocycles. The molecule has 6 heteroatoms. The first-order chi connectivity index (χ1) is 10.0. The van der Waals surface area contributed by atoms with Gasteiger partial charge in [-0.3, -0.25) is 4.79 Å². The van der Waals surface area contributed by atoms with E-state index < -0.39 is 6.04 Å². The lowest BCUT2D eigenvalue weighted by molar-refractivity contribution is -0.117. The Morgan fingerprint density at radius 2 is 2.09 bits per heavy atom. The number of hydrogen-bond acceptors (Lipinski definition) is 4. The highest BCUT2D eigenvalue weighted by Crippen LogP contribution is 2.33. The van der Waals surface area contributed by atoms with E-state index in [1.54, 1.807) is 6.92 Å². The Balaban J connectivity index is 0.00000176. The zero-order valence-corrected chi connectivity index (χ0v) is 14.3. The fraction of sp³-hybridized carbons (Fsp3) is 0.375. The molecule has 0 aliphatic heterocycles.